The summed E-state index contributed by atoms with van der Waals surface area (Å²) < 4.78 is 0. The van der Waals surface area contributed by atoms with Gasteiger partial charge in [0.15, 0.2) is 0 Å². The quantitative estimate of drug-likeness (QED) is 0.750. The minimum absolute atomic E-state index is 0.140. The van der Waals surface area contributed by atoms with Crippen molar-refractivity contribution in [3.05, 3.63) is 0 Å². The van der Waals surface area contributed by atoms with Gasteiger partial charge >= 0.3 is 0 Å². The molecular formula is C14H28N2O. The van der Waals surface area contributed by atoms with Crippen molar-refractivity contribution in [2.75, 3.05) is 6.54 Å². The minimum atomic E-state index is -0.226. The molecule has 1 amide bonds. The lowest BCUT2D eigenvalue weighted by atomic mass is 9.80. The number of rotatable bonds is 6. The Morgan fingerprint density at radius 1 is 1.24 bits per heavy atom. The number of hydrogen-bond acceptors (Lipinski definition) is 2. The van der Waals surface area contributed by atoms with Gasteiger partial charge in [-0.05, 0) is 18.8 Å². The second-order valence-electron chi connectivity index (χ2n) is 5.59. The number of nitrogens with one attached hydrogen (secondary N) is 1. The Balaban J connectivity index is 2.28. The molecule has 0 radical (unpaired) electrons. The second-order valence-corrected chi connectivity index (χ2v) is 5.59. The monoisotopic (exact) mass is 240 g/mol. The summed E-state index contributed by atoms with van der Waals surface area (Å²) in [6.07, 6.45) is 8.40. The second kappa shape index (κ2) is 7.00. The summed E-state index contributed by atoms with van der Waals surface area (Å²) in [7, 11) is 0. The SMILES string of the molecule is CCC(CC)CNC(=O)CC1(N)CCCCC1. The maximum Gasteiger partial charge on any atom is 0.221 e. The fourth-order valence-electron chi connectivity index (χ4n) is 2.65. The van der Waals surface area contributed by atoms with Crippen molar-refractivity contribution in [2.24, 2.45) is 11.7 Å². The van der Waals surface area contributed by atoms with Crippen LogP contribution in [0.3, 0.4) is 0 Å². The predicted octanol–water partition coefficient (Wildman–Crippen LogP) is 2.59. The van der Waals surface area contributed by atoms with E-state index in [1.807, 2.05) is 0 Å². The van der Waals surface area contributed by atoms with Gasteiger partial charge in [-0.3, -0.25) is 4.79 Å². The fourth-order valence-corrected chi connectivity index (χ4v) is 2.65. The first kappa shape index (κ1) is 14.5. The molecule has 3 nitrogen and oxygen atoms in total. The van der Waals surface area contributed by atoms with Crippen LogP contribution in [-0.2, 0) is 4.79 Å². The van der Waals surface area contributed by atoms with E-state index >= 15 is 0 Å². The third-order valence-corrected chi connectivity index (χ3v) is 4.10. The van der Waals surface area contributed by atoms with Crippen molar-refractivity contribution in [3.63, 3.8) is 0 Å². The van der Waals surface area contributed by atoms with Gasteiger partial charge in [0.25, 0.3) is 0 Å². The molecule has 0 aromatic heterocycles. The standard InChI is InChI=1S/C14H28N2O/c1-3-12(4-2)11-16-13(17)10-14(15)8-6-5-7-9-14/h12H,3-11,15H2,1-2H3,(H,16,17). The van der Waals surface area contributed by atoms with Gasteiger partial charge in [-0.15, -0.1) is 0 Å². The van der Waals surface area contributed by atoms with Crippen LogP contribution < -0.4 is 11.1 Å². The summed E-state index contributed by atoms with van der Waals surface area (Å²) in [5, 5.41) is 3.04. The zero-order valence-corrected chi connectivity index (χ0v) is 11.4. The lowest BCUT2D eigenvalue weighted by Gasteiger charge is -2.32. The number of nitrogens with two attached hydrogens (primary N) is 1. The van der Waals surface area contributed by atoms with Crippen LogP contribution in [0, 0.1) is 5.92 Å². The van der Waals surface area contributed by atoms with E-state index in [0.717, 1.165) is 32.2 Å². The van der Waals surface area contributed by atoms with E-state index in [4.69, 9.17) is 5.73 Å². The molecule has 0 bridgehead atoms. The molecule has 0 saturated heterocycles. The largest absolute Gasteiger partial charge is 0.356 e. The summed E-state index contributed by atoms with van der Waals surface area (Å²) in [5.74, 6) is 0.750. The molecular weight excluding hydrogens is 212 g/mol. The first-order valence-electron chi connectivity index (χ1n) is 7.15. The molecule has 1 rings (SSSR count). The molecule has 3 heteroatoms. The summed E-state index contributed by atoms with van der Waals surface area (Å²) in [6, 6.07) is 0. The number of carbonyl (C=O) groups is 1. The van der Waals surface area contributed by atoms with Gasteiger partial charge in [-0.2, -0.15) is 0 Å². The number of carbonyl (C=O) groups excluding carboxylic acids is 1. The molecule has 0 heterocycles. The van der Waals surface area contributed by atoms with Crippen LogP contribution in [0.1, 0.15) is 65.2 Å². The Kier molecular flexibility index (Phi) is 5.96. The number of hydrogen-bond donors (Lipinski definition) is 2. The molecule has 100 valence electrons. The number of amides is 1. The van der Waals surface area contributed by atoms with Crippen molar-refractivity contribution in [3.8, 4) is 0 Å². The van der Waals surface area contributed by atoms with Crippen molar-refractivity contribution in [2.45, 2.75) is 70.8 Å². The lowest BCUT2D eigenvalue weighted by Crippen LogP contribution is -2.46. The summed E-state index contributed by atoms with van der Waals surface area (Å²) >= 11 is 0. The summed E-state index contributed by atoms with van der Waals surface area (Å²) in [4.78, 5) is 11.9. The van der Waals surface area contributed by atoms with E-state index in [0.29, 0.717) is 12.3 Å². The predicted molar refractivity (Wildman–Crippen MR) is 71.7 cm³/mol. The van der Waals surface area contributed by atoms with Crippen LogP contribution in [0.5, 0.6) is 0 Å². The van der Waals surface area contributed by atoms with Gasteiger partial charge in [0.2, 0.25) is 5.91 Å². The first-order valence-corrected chi connectivity index (χ1v) is 7.15. The van der Waals surface area contributed by atoms with E-state index in [2.05, 4.69) is 19.2 Å². The lowest BCUT2D eigenvalue weighted by molar-refractivity contribution is -0.122. The van der Waals surface area contributed by atoms with Gasteiger partial charge in [-0.1, -0.05) is 46.0 Å². The van der Waals surface area contributed by atoms with Crippen LogP contribution in [0.2, 0.25) is 0 Å². The Morgan fingerprint density at radius 2 is 1.82 bits per heavy atom. The highest BCUT2D eigenvalue weighted by molar-refractivity contribution is 5.77. The average Bonchev–Trinajstić information content (AvgIpc) is 2.30. The van der Waals surface area contributed by atoms with Crippen LogP contribution in [0.15, 0.2) is 0 Å². The topological polar surface area (TPSA) is 55.1 Å². The van der Waals surface area contributed by atoms with Gasteiger partial charge in [0, 0.05) is 18.5 Å². The molecule has 0 aliphatic heterocycles. The van der Waals surface area contributed by atoms with Crippen molar-refractivity contribution in [1.82, 2.24) is 5.32 Å². The van der Waals surface area contributed by atoms with Crippen molar-refractivity contribution in [1.29, 1.82) is 0 Å². The molecule has 0 aromatic carbocycles. The van der Waals surface area contributed by atoms with Gasteiger partial charge < -0.3 is 11.1 Å². The van der Waals surface area contributed by atoms with Crippen LogP contribution >= 0.6 is 0 Å². The minimum Gasteiger partial charge on any atom is -0.356 e. The molecule has 0 atom stereocenters. The maximum absolute atomic E-state index is 11.9. The van der Waals surface area contributed by atoms with Gasteiger partial charge in [-0.25, -0.2) is 0 Å². The third kappa shape index (κ3) is 5.07. The first-order chi connectivity index (χ1) is 8.09. The highest BCUT2D eigenvalue weighted by Crippen LogP contribution is 2.28. The highest BCUT2D eigenvalue weighted by atomic mass is 16.1. The molecule has 1 saturated carbocycles. The van der Waals surface area contributed by atoms with Gasteiger partial charge in [0.1, 0.15) is 0 Å². The van der Waals surface area contributed by atoms with Gasteiger partial charge in [0.05, 0.1) is 0 Å². The molecule has 0 spiro atoms. The molecule has 1 fully saturated rings. The zero-order valence-electron chi connectivity index (χ0n) is 11.4. The summed E-state index contributed by atoms with van der Waals surface area (Å²) in [5.41, 5.74) is 6.04. The Hall–Kier alpha value is -0.570. The van der Waals surface area contributed by atoms with Crippen LogP contribution in [0.25, 0.3) is 0 Å². The molecule has 3 N–H and O–H groups in total. The van der Waals surface area contributed by atoms with Crippen LogP contribution in [0.4, 0.5) is 0 Å². The average molecular weight is 240 g/mol. The summed E-state index contributed by atoms with van der Waals surface area (Å²) in [6.45, 7) is 5.15. The highest BCUT2D eigenvalue weighted by Gasteiger charge is 2.29. The molecule has 1 aliphatic carbocycles. The molecule has 0 aromatic rings. The van der Waals surface area contributed by atoms with E-state index in [1.165, 1.54) is 19.3 Å². The van der Waals surface area contributed by atoms with E-state index < -0.39 is 0 Å². The van der Waals surface area contributed by atoms with Crippen molar-refractivity contribution < 1.29 is 4.79 Å². The van der Waals surface area contributed by atoms with E-state index in [9.17, 15) is 4.79 Å². The molecule has 1 aliphatic rings. The smallest absolute Gasteiger partial charge is 0.221 e. The maximum atomic E-state index is 11.9. The van der Waals surface area contributed by atoms with Crippen LogP contribution in [-0.4, -0.2) is 18.0 Å². The Labute approximate surface area is 106 Å². The Morgan fingerprint density at radius 3 is 2.35 bits per heavy atom. The van der Waals surface area contributed by atoms with Crippen molar-refractivity contribution >= 4 is 5.91 Å². The van der Waals surface area contributed by atoms with E-state index in [1.54, 1.807) is 0 Å². The molecule has 0 unspecified atom stereocenters. The normalized spacial score (nSPS) is 19.3. The molecule has 17 heavy (non-hydrogen) atoms. The Bertz CT molecular complexity index is 230. The fraction of sp³-hybridized carbons (Fsp3) is 0.929. The third-order valence-electron chi connectivity index (χ3n) is 4.10. The zero-order chi connectivity index (χ0) is 12.7. The van der Waals surface area contributed by atoms with E-state index in [-0.39, 0.29) is 11.4 Å².